The minimum absolute atomic E-state index is 0.00637. The van der Waals surface area contributed by atoms with E-state index in [1.807, 2.05) is 44.2 Å². The van der Waals surface area contributed by atoms with Crippen LogP contribution in [0.5, 0.6) is 0 Å². The van der Waals surface area contributed by atoms with Crippen LogP contribution in [0.15, 0.2) is 30.3 Å². The second-order valence-electron chi connectivity index (χ2n) is 14.2. The molecule has 0 aliphatic heterocycles. The summed E-state index contributed by atoms with van der Waals surface area (Å²) in [5.74, 6) is -0.325. The Balaban J connectivity index is 1.82. The lowest BCUT2D eigenvalue weighted by molar-refractivity contribution is -0.142. The highest BCUT2D eigenvalue weighted by Crippen LogP contribution is 2.30. The van der Waals surface area contributed by atoms with Crippen molar-refractivity contribution in [3.05, 3.63) is 35.9 Å². The molecule has 0 radical (unpaired) electrons. The third-order valence-electron chi connectivity index (χ3n) is 9.66. The molecule has 3 amide bonds. The van der Waals surface area contributed by atoms with E-state index in [0.717, 1.165) is 56.9 Å². The van der Waals surface area contributed by atoms with E-state index in [4.69, 9.17) is 0 Å². The van der Waals surface area contributed by atoms with Crippen molar-refractivity contribution in [3.63, 3.8) is 0 Å². The Hall–Kier alpha value is -2.45. The van der Waals surface area contributed by atoms with Crippen LogP contribution in [0, 0.1) is 23.7 Å². The molecule has 0 unspecified atom stereocenters. The molecule has 0 saturated heterocycles. The Labute approximate surface area is 266 Å². The second kappa shape index (κ2) is 18.5. The van der Waals surface area contributed by atoms with E-state index >= 15 is 0 Å². The predicted molar refractivity (Wildman–Crippen MR) is 175 cm³/mol. The van der Waals surface area contributed by atoms with Gasteiger partial charge in [0.2, 0.25) is 17.7 Å². The molecule has 2 aliphatic carbocycles. The zero-order valence-electron chi connectivity index (χ0n) is 27.8. The number of hydrogen-bond donors (Lipinski definition) is 3. The number of carbonyl (C=O) groups excluding carboxylic acids is 3. The first kappa shape index (κ1) is 36.0. The molecule has 2 aliphatic rings. The highest BCUT2D eigenvalue weighted by atomic mass is 16.3. The number of benzene rings is 1. The van der Waals surface area contributed by atoms with Crippen molar-refractivity contribution in [1.82, 2.24) is 15.1 Å². The highest BCUT2D eigenvalue weighted by Gasteiger charge is 2.34. The van der Waals surface area contributed by atoms with Crippen LogP contribution in [0.25, 0.3) is 0 Å². The molecule has 44 heavy (non-hydrogen) atoms. The summed E-state index contributed by atoms with van der Waals surface area (Å²) >= 11 is 0. The minimum Gasteiger partial charge on any atom is -0.390 e. The van der Waals surface area contributed by atoms with Crippen LogP contribution >= 0.6 is 0 Å². The van der Waals surface area contributed by atoms with Gasteiger partial charge >= 0.3 is 0 Å². The van der Waals surface area contributed by atoms with Crippen molar-refractivity contribution < 1.29 is 24.6 Å². The summed E-state index contributed by atoms with van der Waals surface area (Å²) in [6.07, 6.45) is 10.6. The van der Waals surface area contributed by atoms with Crippen LogP contribution in [0.3, 0.4) is 0 Å². The first-order valence-electron chi connectivity index (χ1n) is 17.2. The zero-order chi connectivity index (χ0) is 32.1. The van der Waals surface area contributed by atoms with Crippen LogP contribution < -0.4 is 5.32 Å². The van der Waals surface area contributed by atoms with E-state index < -0.39 is 24.2 Å². The van der Waals surface area contributed by atoms with Gasteiger partial charge in [-0.05, 0) is 55.4 Å². The van der Waals surface area contributed by atoms with Crippen LogP contribution in [0.4, 0.5) is 0 Å². The number of nitrogens with one attached hydrogen (secondary N) is 1. The number of rotatable bonds is 16. The molecule has 1 aromatic carbocycles. The Morgan fingerprint density at radius 3 is 2.02 bits per heavy atom. The van der Waals surface area contributed by atoms with E-state index in [2.05, 4.69) is 5.32 Å². The van der Waals surface area contributed by atoms with Crippen molar-refractivity contribution in [3.8, 4) is 0 Å². The average molecular weight is 614 g/mol. The predicted octanol–water partition coefficient (Wildman–Crippen LogP) is 4.96. The van der Waals surface area contributed by atoms with Crippen molar-refractivity contribution in [2.75, 3.05) is 27.2 Å². The highest BCUT2D eigenvalue weighted by molar-refractivity contribution is 5.88. The Bertz CT molecular complexity index is 1000. The quantitative estimate of drug-likeness (QED) is 0.244. The molecular weight excluding hydrogens is 554 g/mol. The number of aliphatic hydroxyl groups is 2. The molecule has 248 valence electrons. The lowest BCUT2D eigenvalue weighted by atomic mass is 9.82. The van der Waals surface area contributed by atoms with E-state index in [1.54, 1.807) is 19.0 Å². The first-order valence-corrected chi connectivity index (χ1v) is 17.2. The molecule has 0 bridgehead atoms. The van der Waals surface area contributed by atoms with E-state index in [-0.39, 0.29) is 36.6 Å². The van der Waals surface area contributed by atoms with Gasteiger partial charge in [-0.2, -0.15) is 0 Å². The van der Waals surface area contributed by atoms with E-state index in [9.17, 15) is 24.6 Å². The minimum atomic E-state index is -1.09. The molecule has 0 spiro atoms. The number of nitrogens with zero attached hydrogens (tertiary/aromatic N) is 2. The van der Waals surface area contributed by atoms with Crippen molar-refractivity contribution in [2.45, 2.75) is 122 Å². The maximum absolute atomic E-state index is 14.1. The Morgan fingerprint density at radius 1 is 0.864 bits per heavy atom. The summed E-state index contributed by atoms with van der Waals surface area (Å²) in [6.45, 7) is 4.55. The molecule has 8 nitrogen and oxygen atoms in total. The van der Waals surface area contributed by atoms with E-state index in [1.165, 1.54) is 17.7 Å². The summed E-state index contributed by atoms with van der Waals surface area (Å²) in [7, 11) is 3.39. The molecule has 3 rings (SSSR count). The molecule has 2 saturated carbocycles. The molecule has 8 heteroatoms. The van der Waals surface area contributed by atoms with Crippen LogP contribution in [0.2, 0.25) is 0 Å². The SMILES string of the molecule is CC(C)C[C@H](O)[C@H](O)[C@H](CC1CCCCC1)NC(=O)[C@@H](CC(=O)N(CC(=O)N(C)C)CC1CCCCC1)Cc1ccccc1. The first-order chi connectivity index (χ1) is 21.0. The molecule has 3 N–H and O–H groups in total. The standard InChI is InChI=1S/C36H59N3O5/c1-26(2)20-32(40)35(43)31(22-28-16-10-6-11-17-28)37-36(44)30(21-27-14-8-5-9-15-27)23-33(41)39(25-34(42)38(3)4)24-29-18-12-7-13-19-29/h5,8-9,14-15,26,28-32,35,40,43H,6-7,10-13,16-25H2,1-4H3,(H,37,44)/t30-,31+,32+,35-/m1/s1. The van der Waals surface area contributed by atoms with Crippen LogP contribution in [-0.2, 0) is 20.8 Å². The largest absolute Gasteiger partial charge is 0.390 e. The summed E-state index contributed by atoms with van der Waals surface area (Å²) in [4.78, 5) is 44.0. The molecular formula is C36H59N3O5. The van der Waals surface area contributed by atoms with Crippen molar-refractivity contribution in [2.24, 2.45) is 23.7 Å². The van der Waals surface area contributed by atoms with Gasteiger partial charge < -0.3 is 25.3 Å². The number of carbonyl (C=O) groups is 3. The Kier molecular flexibility index (Phi) is 15.1. The number of likely N-dealkylation sites (N-methyl/N-ethyl adjacent to an activating group) is 1. The molecule has 0 aromatic heterocycles. The fourth-order valence-electron chi connectivity index (χ4n) is 6.99. The monoisotopic (exact) mass is 613 g/mol. The lowest BCUT2D eigenvalue weighted by Gasteiger charge is -2.34. The third kappa shape index (κ3) is 12.2. The Morgan fingerprint density at radius 2 is 1.45 bits per heavy atom. The van der Waals surface area contributed by atoms with Gasteiger partial charge in [-0.1, -0.05) is 95.5 Å². The lowest BCUT2D eigenvalue weighted by Crippen LogP contribution is -2.52. The number of hydrogen-bond acceptors (Lipinski definition) is 5. The van der Waals surface area contributed by atoms with Gasteiger partial charge in [0.05, 0.1) is 24.6 Å². The van der Waals surface area contributed by atoms with Gasteiger partial charge in [-0.3, -0.25) is 14.4 Å². The molecule has 4 atom stereocenters. The van der Waals surface area contributed by atoms with Gasteiger partial charge in [-0.25, -0.2) is 0 Å². The van der Waals surface area contributed by atoms with Crippen molar-refractivity contribution >= 4 is 17.7 Å². The summed E-state index contributed by atoms with van der Waals surface area (Å²) < 4.78 is 0. The van der Waals surface area contributed by atoms with Gasteiger partial charge in [0.1, 0.15) is 6.10 Å². The average Bonchev–Trinajstić information content (AvgIpc) is 3.00. The molecule has 1 aromatic rings. The third-order valence-corrected chi connectivity index (χ3v) is 9.66. The van der Waals surface area contributed by atoms with Crippen molar-refractivity contribution in [1.29, 1.82) is 0 Å². The van der Waals surface area contributed by atoms with Crippen LogP contribution in [0.1, 0.15) is 103 Å². The van der Waals surface area contributed by atoms with Gasteiger partial charge in [0.25, 0.3) is 0 Å². The fraction of sp³-hybridized carbons (Fsp3) is 0.750. The van der Waals surface area contributed by atoms with Gasteiger partial charge in [0.15, 0.2) is 0 Å². The summed E-state index contributed by atoms with van der Waals surface area (Å²) in [5.41, 5.74) is 0.952. The number of amides is 3. The fourth-order valence-corrected chi connectivity index (χ4v) is 6.99. The van der Waals surface area contributed by atoms with Crippen LogP contribution in [-0.4, -0.2) is 83.2 Å². The topological polar surface area (TPSA) is 110 Å². The summed E-state index contributed by atoms with van der Waals surface area (Å²) in [5, 5.41) is 25.3. The molecule has 2 fully saturated rings. The van der Waals surface area contributed by atoms with E-state index in [0.29, 0.717) is 37.6 Å². The maximum atomic E-state index is 14.1. The maximum Gasteiger partial charge on any atom is 0.241 e. The summed E-state index contributed by atoms with van der Waals surface area (Å²) in [6, 6.07) is 9.10. The molecule has 0 heterocycles. The zero-order valence-corrected chi connectivity index (χ0v) is 27.8. The van der Waals surface area contributed by atoms with Gasteiger partial charge in [0, 0.05) is 27.1 Å². The normalized spacial score (nSPS) is 19.2. The van der Waals surface area contributed by atoms with Gasteiger partial charge in [-0.15, -0.1) is 0 Å². The smallest absolute Gasteiger partial charge is 0.241 e. The number of aliphatic hydroxyl groups excluding tert-OH is 2. The second-order valence-corrected chi connectivity index (χ2v) is 14.2.